The maximum absolute atomic E-state index is 9.72. The predicted molar refractivity (Wildman–Crippen MR) is 109 cm³/mol. The Kier molecular flexibility index (Phi) is 5.38. The largest absolute Gasteiger partial charge is 0.372 e. The zero-order chi connectivity index (χ0) is 18.5. The van der Waals surface area contributed by atoms with E-state index in [4.69, 9.17) is 0 Å². The van der Waals surface area contributed by atoms with E-state index in [2.05, 4.69) is 65.6 Å². The number of allylic oxidation sites excluding steroid dienone is 1. The minimum Gasteiger partial charge on any atom is -0.372 e. The highest BCUT2D eigenvalue weighted by atomic mass is 15.1. The molecule has 4 heteroatoms. The topological polar surface area (TPSA) is 44.9 Å². The van der Waals surface area contributed by atoms with Gasteiger partial charge < -0.3 is 9.47 Å². The van der Waals surface area contributed by atoms with Gasteiger partial charge in [-0.2, -0.15) is 5.26 Å². The maximum Gasteiger partial charge on any atom is 0.151 e. The van der Waals surface area contributed by atoms with Crippen LogP contribution in [0.15, 0.2) is 48.5 Å². The average Bonchev–Trinajstić information content (AvgIpc) is 3.06. The normalized spacial score (nSPS) is 11.5. The van der Waals surface area contributed by atoms with Crippen LogP contribution in [-0.4, -0.2) is 22.6 Å². The molecule has 0 bridgehead atoms. The van der Waals surface area contributed by atoms with Crippen molar-refractivity contribution >= 4 is 28.4 Å². The molecule has 0 aliphatic carbocycles. The molecule has 4 nitrogen and oxygen atoms in total. The highest BCUT2D eigenvalue weighted by Crippen LogP contribution is 2.24. The molecular weight excluding hydrogens is 320 g/mol. The van der Waals surface area contributed by atoms with E-state index in [9.17, 15) is 5.26 Å². The number of aryl methyl sites for hydroxylation is 1. The van der Waals surface area contributed by atoms with Crippen molar-refractivity contribution in [3.8, 4) is 6.07 Å². The first-order valence-electron chi connectivity index (χ1n) is 9.14. The third kappa shape index (κ3) is 3.34. The van der Waals surface area contributed by atoms with Crippen LogP contribution in [0.5, 0.6) is 0 Å². The summed E-state index contributed by atoms with van der Waals surface area (Å²) in [7, 11) is 0. The number of fused-ring (bicyclic) bond motifs is 1. The molecule has 1 heterocycles. The highest BCUT2D eigenvalue weighted by Gasteiger charge is 2.13. The number of nitrogens with zero attached hydrogens (tertiary/aromatic N) is 4. The Labute approximate surface area is 155 Å². The van der Waals surface area contributed by atoms with E-state index >= 15 is 0 Å². The van der Waals surface area contributed by atoms with Crippen LogP contribution in [0.3, 0.4) is 0 Å². The lowest BCUT2D eigenvalue weighted by Crippen LogP contribution is -2.21. The molecule has 132 valence electrons. The molecule has 0 radical (unpaired) electrons. The van der Waals surface area contributed by atoms with Gasteiger partial charge in [0.1, 0.15) is 6.07 Å². The van der Waals surface area contributed by atoms with Gasteiger partial charge >= 0.3 is 0 Å². The fourth-order valence-electron chi connectivity index (χ4n) is 3.28. The Hall–Kier alpha value is -3.06. The summed E-state index contributed by atoms with van der Waals surface area (Å²) in [6.07, 6.45) is 1.92. The third-order valence-electron chi connectivity index (χ3n) is 4.66. The summed E-state index contributed by atoms with van der Waals surface area (Å²) in [5, 5.41) is 9.72. The minimum atomic E-state index is 0.582. The second-order valence-electron chi connectivity index (χ2n) is 6.10. The summed E-state index contributed by atoms with van der Waals surface area (Å²) in [5.41, 5.74) is 4.77. The van der Waals surface area contributed by atoms with E-state index in [1.54, 1.807) is 0 Å². The van der Waals surface area contributed by atoms with Crippen LogP contribution >= 0.6 is 0 Å². The van der Waals surface area contributed by atoms with Gasteiger partial charge in [0.25, 0.3) is 0 Å². The summed E-state index contributed by atoms with van der Waals surface area (Å²) in [4.78, 5) is 6.99. The van der Waals surface area contributed by atoms with E-state index in [1.165, 1.54) is 5.69 Å². The van der Waals surface area contributed by atoms with Crippen molar-refractivity contribution in [3.63, 3.8) is 0 Å². The van der Waals surface area contributed by atoms with Gasteiger partial charge in [-0.3, -0.25) is 0 Å². The number of aromatic nitrogens is 2. The summed E-state index contributed by atoms with van der Waals surface area (Å²) < 4.78 is 2.09. The van der Waals surface area contributed by atoms with Crippen molar-refractivity contribution in [1.29, 1.82) is 5.26 Å². The second kappa shape index (κ2) is 7.88. The van der Waals surface area contributed by atoms with Gasteiger partial charge in [0.2, 0.25) is 0 Å². The smallest absolute Gasteiger partial charge is 0.151 e. The SMILES string of the molecule is CCN(CC)c1ccc(/C=C(/C#N)c2nc3ccccc3n2CC)cc1. The van der Waals surface area contributed by atoms with Gasteiger partial charge in [0.15, 0.2) is 5.82 Å². The zero-order valence-electron chi connectivity index (χ0n) is 15.6. The van der Waals surface area contributed by atoms with E-state index in [0.717, 1.165) is 42.1 Å². The van der Waals surface area contributed by atoms with Gasteiger partial charge in [-0.25, -0.2) is 4.98 Å². The standard InChI is InChI=1S/C22H24N4/c1-4-25(5-2)19-13-11-17(12-14-19)15-18(16-23)22-24-20-9-7-8-10-21(20)26(22)6-3/h7-15H,4-6H2,1-3H3/b18-15-. The van der Waals surface area contributed by atoms with Crippen LogP contribution < -0.4 is 4.90 Å². The molecular formula is C22H24N4. The maximum atomic E-state index is 9.72. The highest BCUT2D eigenvalue weighted by molar-refractivity contribution is 5.91. The molecule has 0 fully saturated rings. The third-order valence-corrected chi connectivity index (χ3v) is 4.66. The van der Waals surface area contributed by atoms with Crippen LogP contribution in [0.2, 0.25) is 0 Å². The first kappa shape index (κ1) is 17.8. The fraction of sp³-hybridized carbons (Fsp3) is 0.273. The lowest BCUT2D eigenvalue weighted by atomic mass is 10.1. The Morgan fingerprint density at radius 1 is 1.08 bits per heavy atom. The Balaban J connectivity index is 2.00. The van der Waals surface area contributed by atoms with Crippen molar-refractivity contribution in [2.45, 2.75) is 27.3 Å². The molecule has 0 atom stereocenters. The van der Waals surface area contributed by atoms with Gasteiger partial charge in [-0.15, -0.1) is 0 Å². The predicted octanol–water partition coefficient (Wildman–Crippen LogP) is 4.97. The van der Waals surface area contributed by atoms with E-state index in [1.807, 2.05) is 30.3 Å². The second-order valence-corrected chi connectivity index (χ2v) is 6.10. The summed E-state index contributed by atoms with van der Waals surface area (Å²) >= 11 is 0. The molecule has 0 aliphatic rings. The number of benzene rings is 2. The molecule has 0 saturated heterocycles. The summed E-state index contributed by atoms with van der Waals surface area (Å²) in [5.74, 6) is 0.726. The molecule has 0 amide bonds. The number of imidazole rings is 1. The number of rotatable bonds is 6. The molecule has 0 saturated carbocycles. The van der Waals surface area contributed by atoms with Crippen molar-refractivity contribution in [1.82, 2.24) is 9.55 Å². The molecule has 0 aliphatic heterocycles. The van der Waals surface area contributed by atoms with E-state index in [-0.39, 0.29) is 0 Å². The first-order valence-corrected chi connectivity index (χ1v) is 9.14. The van der Waals surface area contributed by atoms with Gasteiger partial charge in [-0.1, -0.05) is 24.3 Å². The Bertz CT molecular complexity index is 954. The van der Waals surface area contributed by atoms with Crippen LogP contribution in [0.1, 0.15) is 32.2 Å². The van der Waals surface area contributed by atoms with E-state index < -0.39 is 0 Å². The molecule has 0 spiro atoms. The van der Waals surface area contributed by atoms with Gasteiger partial charge in [0.05, 0.1) is 16.6 Å². The Morgan fingerprint density at radius 3 is 2.38 bits per heavy atom. The summed E-state index contributed by atoms with van der Waals surface area (Å²) in [6.45, 7) is 9.12. The molecule has 3 aromatic rings. The Morgan fingerprint density at radius 2 is 1.77 bits per heavy atom. The quantitative estimate of drug-likeness (QED) is 0.593. The number of para-hydroxylation sites is 2. The van der Waals surface area contributed by atoms with Crippen LogP contribution in [0, 0.1) is 11.3 Å². The van der Waals surface area contributed by atoms with Gasteiger partial charge in [0, 0.05) is 25.3 Å². The molecule has 26 heavy (non-hydrogen) atoms. The average molecular weight is 344 g/mol. The summed E-state index contributed by atoms with van der Waals surface area (Å²) in [6, 6.07) is 18.7. The van der Waals surface area contributed by atoms with Crippen molar-refractivity contribution in [2.24, 2.45) is 0 Å². The van der Waals surface area contributed by atoms with Crippen molar-refractivity contribution < 1.29 is 0 Å². The van der Waals surface area contributed by atoms with Crippen molar-refractivity contribution in [3.05, 3.63) is 59.9 Å². The lowest BCUT2D eigenvalue weighted by molar-refractivity contribution is 0.775. The van der Waals surface area contributed by atoms with Gasteiger partial charge in [-0.05, 0) is 56.7 Å². The van der Waals surface area contributed by atoms with Crippen LogP contribution in [0.25, 0.3) is 22.7 Å². The molecule has 0 N–H and O–H groups in total. The van der Waals surface area contributed by atoms with E-state index in [0.29, 0.717) is 5.57 Å². The lowest BCUT2D eigenvalue weighted by Gasteiger charge is -2.20. The number of nitriles is 1. The molecule has 3 rings (SSSR count). The molecule has 1 aromatic heterocycles. The van der Waals surface area contributed by atoms with Crippen LogP contribution in [-0.2, 0) is 6.54 Å². The fourth-order valence-corrected chi connectivity index (χ4v) is 3.28. The number of hydrogen-bond donors (Lipinski definition) is 0. The molecule has 0 unspecified atom stereocenters. The van der Waals surface area contributed by atoms with Crippen molar-refractivity contribution in [2.75, 3.05) is 18.0 Å². The first-order chi connectivity index (χ1) is 12.7. The zero-order valence-corrected chi connectivity index (χ0v) is 15.6. The number of anilines is 1. The van der Waals surface area contributed by atoms with Crippen LogP contribution in [0.4, 0.5) is 5.69 Å². The monoisotopic (exact) mass is 344 g/mol. The minimum absolute atomic E-state index is 0.582. The molecule has 2 aromatic carbocycles. The number of hydrogen-bond acceptors (Lipinski definition) is 3.